The van der Waals surface area contributed by atoms with E-state index in [0.29, 0.717) is 19.0 Å². The largest absolute Gasteiger partial charge is 0.480 e. The number of carbonyl (C=O) groups is 2. The number of hydrogen-bond donors (Lipinski definition) is 0. The van der Waals surface area contributed by atoms with Gasteiger partial charge in [0.1, 0.15) is 0 Å². The van der Waals surface area contributed by atoms with E-state index in [4.69, 9.17) is 4.74 Å². The van der Waals surface area contributed by atoms with Crippen LogP contribution in [0.2, 0.25) is 0 Å². The maximum atomic E-state index is 12.1. The minimum absolute atomic E-state index is 0.0394. The van der Waals surface area contributed by atoms with Crippen molar-refractivity contribution in [2.45, 2.75) is 13.5 Å². The molecular formula is C13H19N3O3S. The molecule has 7 heteroatoms. The van der Waals surface area contributed by atoms with Crippen LogP contribution in [0.1, 0.15) is 12.5 Å². The first kappa shape index (κ1) is 16.2. The van der Waals surface area contributed by atoms with Gasteiger partial charge in [-0.2, -0.15) is 4.37 Å². The Bertz CT molecular complexity index is 487. The van der Waals surface area contributed by atoms with Gasteiger partial charge in [-0.15, -0.1) is 0 Å². The lowest BCUT2D eigenvalue weighted by Crippen LogP contribution is -2.40. The molecule has 6 nitrogen and oxygen atoms in total. The molecule has 0 N–H and O–H groups in total. The highest BCUT2D eigenvalue weighted by Crippen LogP contribution is 2.19. The number of methoxy groups -OCH3 is 1. The minimum Gasteiger partial charge on any atom is -0.480 e. The molecule has 1 rings (SSSR count). The van der Waals surface area contributed by atoms with E-state index < -0.39 is 0 Å². The molecule has 110 valence electrons. The predicted molar refractivity (Wildman–Crippen MR) is 77.6 cm³/mol. The molecule has 0 aliphatic carbocycles. The van der Waals surface area contributed by atoms with Crippen molar-refractivity contribution in [3.8, 4) is 5.88 Å². The lowest BCUT2D eigenvalue weighted by Gasteiger charge is -2.23. The van der Waals surface area contributed by atoms with Crippen molar-refractivity contribution in [2.24, 2.45) is 0 Å². The minimum atomic E-state index is -0.246. The molecule has 1 heterocycles. The fraction of sp³-hybridized carbons (Fsp3) is 0.462. The molecule has 0 aliphatic rings. The maximum Gasteiger partial charge on any atom is 0.246 e. The number of nitrogens with zero attached hydrogens (tertiary/aromatic N) is 3. The quantitative estimate of drug-likeness (QED) is 0.708. The van der Waals surface area contributed by atoms with Gasteiger partial charge in [0, 0.05) is 24.5 Å². The number of rotatable bonds is 7. The highest BCUT2D eigenvalue weighted by Gasteiger charge is 2.18. The van der Waals surface area contributed by atoms with Crippen molar-refractivity contribution in [2.75, 3.05) is 27.2 Å². The number of likely N-dealkylation sites (N-methyl/N-ethyl adjacent to an activating group) is 2. The van der Waals surface area contributed by atoms with E-state index in [1.807, 2.05) is 12.3 Å². The van der Waals surface area contributed by atoms with Crippen LogP contribution in [0, 0.1) is 0 Å². The summed E-state index contributed by atoms with van der Waals surface area (Å²) in [5.74, 6) is 0.142. The van der Waals surface area contributed by atoms with E-state index in [9.17, 15) is 9.59 Å². The zero-order chi connectivity index (χ0) is 15.1. The van der Waals surface area contributed by atoms with Gasteiger partial charge in [0.25, 0.3) is 0 Å². The van der Waals surface area contributed by atoms with Crippen molar-refractivity contribution in [3.05, 3.63) is 23.6 Å². The molecule has 2 amide bonds. The topological polar surface area (TPSA) is 62.7 Å². The van der Waals surface area contributed by atoms with Crippen LogP contribution in [0.4, 0.5) is 0 Å². The highest BCUT2D eigenvalue weighted by atomic mass is 32.1. The number of ether oxygens (including phenoxy) is 1. The van der Waals surface area contributed by atoms with Crippen molar-refractivity contribution in [1.82, 2.24) is 14.2 Å². The standard InChI is InChI=1S/C13H19N3O3S/c1-5-11(17)16(6-2)8-12(18)15(3)7-10-9-20-14-13(10)19-4/h5,9H,1,6-8H2,2-4H3. The Kier molecular flexibility index (Phi) is 6.17. The van der Waals surface area contributed by atoms with Gasteiger partial charge in [0.05, 0.1) is 20.2 Å². The van der Waals surface area contributed by atoms with Crippen LogP contribution in [0.15, 0.2) is 18.0 Å². The van der Waals surface area contributed by atoms with Crippen LogP contribution in [0.3, 0.4) is 0 Å². The number of hydrogen-bond acceptors (Lipinski definition) is 5. The molecule has 0 aliphatic heterocycles. The van der Waals surface area contributed by atoms with Gasteiger partial charge in [0.2, 0.25) is 17.7 Å². The lowest BCUT2D eigenvalue weighted by atomic mass is 10.3. The summed E-state index contributed by atoms with van der Waals surface area (Å²) in [6.07, 6.45) is 1.21. The normalized spacial score (nSPS) is 9.95. The highest BCUT2D eigenvalue weighted by molar-refractivity contribution is 7.03. The van der Waals surface area contributed by atoms with Gasteiger partial charge >= 0.3 is 0 Å². The van der Waals surface area contributed by atoms with Crippen LogP contribution in [-0.4, -0.2) is 53.2 Å². The second-order valence-corrected chi connectivity index (χ2v) is 4.78. The second-order valence-electron chi connectivity index (χ2n) is 4.16. The monoisotopic (exact) mass is 297 g/mol. The van der Waals surface area contributed by atoms with E-state index in [1.54, 1.807) is 19.1 Å². The summed E-state index contributed by atoms with van der Waals surface area (Å²) >= 11 is 1.28. The maximum absolute atomic E-state index is 12.1. The summed E-state index contributed by atoms with van der Waals surface area (Å²) in [6, 6.07) is 0. The summed E-state index contributed by atoms with van der Waals surface area (Å²) in [4.78, 5) is 26.6. The van der Waals surface area contributed by atoms with E-state index in [0.717, 1.165) is 5.56 Å². The smallest absolute Gasteiger partial charge is 0.246 e. The van der Waals surface area contributed by atoms with Crippen molar-refractivity contribution < 1.29 is 14.3 Å². The summed E-state index contributed by atoms with van der Waals surface area (Å²) in [5, 5.41) is 1.84. The van der Waals surface area contributed by atoms with Gasteiger partial charge in [-0.05, 0) is 24.5 Å². The number of aromatic nitrogens is 1. The Morgan fingerprint density at radius 2 is 2.25 bits per heavy atom. The molecular weight excluding hydrogens is 278 g/mol. The van der Waals surface area contributed by atoms with Gasteiger partial charge in [-0.3, -0.25) is 9.59 Å². The average molecular weight is 297 g/mol. The number of carbonyl (C=O) groups excluding carboxylic acids is 2. The molecule has 0 fully saturated rings. The van der Waals surface area contributed by atoms with E-state index in [-0.39, 0.29) is 18.4 Å². The Morgan fingerprint density at radius 3 is 2.80 bits per heavy atom. The Morgan fingerprint density at radius 1 is 1.55 bits per heavy atom. The molecule has 0 saturated carbocycles. The molecule has 0 unspecified atom stereocenters. The van der Waals surface area contributed by atoms with Gasteiger partial charge in [-0.25, -0.2) is 0 Å². The van der Waals surface area contributed by atoms with E-state index in [2.05, 4.69) is 11.0 Å². The van der Waals surface area contributed by atoms with Crippen LogP contribution >= 0.6 is 11.5 Å². The molecule has 20 heavy (non-hydrogen) atoms. The SMILES string of the molecule is C=CC(=O)N(CC)CC(=O)N(C)Cc1csnc1OC. The molecule has 0 saturated heterocycles. The molecule has 0 bridgehead atoms. The molecule has 1 aromatic rings. The zero-order valence-corrected chi connectivity index (χ0v) is 12.8. The van der Waals surface area contributed by atoms with Crippen molar-refractivity contribution in [3.63, 3.8) is 0 Å². The third-order valence-corrected chi connectivity index (χ3v) is 3.49. The van der Waals surface area contributed by atoms with Gasteiger partial charge in [0.15, 0.2) is 0 Å². The van der Waals surface area contributed by atoms with Crippen LogP contribution in [0.5, 0.6) is 5.88 Å². The van der Waals surface area contributed by atoms with Gasteiger partial charge in [-0.1, -0.05) is 6.58 Å². The number of amides is 2. The molecule has 0 spiro atoms. The Labute approximate surface area is 122 Å². The molecule has 1 aromatic heterocycles. The second kappa shape index (κ2) is 7.64. The van der Waals surface area contributed by atoms with Gasteiger partial charge < -0.3 is 14.5 Å². The van der Waals surface area contributed by atoms with Crippen molar-refractivity contribution in [1.29, 1.82) is 0 Å². The third-order valence-electron chi connectivity index (χ3n) is 2.83. The average Bonchev–Trinajstić information content (AvgIpc) is 2.90. The summed E-state index contributed by atoms with van der Waals surface area (Å²) in [7, 11) is 3.23. The summed E-state index contributed by atoms with van der Waals surface area (Å²) in [6.45, 7) is 6.15. The first-order chi connectivity index (χ1) is 9.53. The van der Waals surface area contributed by atoms with Crippen molar-refractivity contribution >= 4 is 23.3 Å². The van der Waals surface area contributed by atoms with Crippen LogP contribution < -0.4 is 4.74 Å². The lowest BCUT2D eigenvalue weighted by molar-refractivity contribution is -0.137. The zero-order valence-electron chi connectivity index (χ0n) is 12.0. The van der Waals surface area contributed by atoms with Crippen LogP contribution in [0.25, 0.3) is 0 Å². The van der Waals surface area contributed by atoms with Crippen LogP contribution in [-0.2, 0) is 16.1 Å². The fourth-order valence-electron chi connectivity index (χ4n) is 1.62. The summed E-state index contributed by atoms with van der Waals surface area (Å²) in [5.41, 5.74) is 0.853. The Balaban J connectivity index is 2.63. The van der Waals surface area contributed by atoms with E-state index in [1.165, 1.54) is 22.5 Å². The first-order valence-electron chi connectivity index (χ1n) is 6.16. The summed E-state index contributed by atoms with van der Waals surface area (Å²) < 4.78 is 9.18. The van der Waals surface area contributed by atoms with E-state index >= 15 is 0 Å². The Hall–Kier alpha value is -1.89. The predicted octanol–water partition coefficient (Wildman–Crippen LogP) is 1.14. The molecule has 0 atom stereocenters. The fourth-order valence-corrected chi connectivity index (χ4v) is 2.27. The third kappa shape index (κ3) is 4.06. The molecule has 0 aromatic carbocycles. The first-order valence-corrected chi connectivity index (χ1v) is 6.99. The molecule has 0 radical (unpaired) electrons.